The Morgan fingerprint density at radius 1 is 0.919 bits per heavy atom. The summed E-state index contributed by atoms with van der Waals surface area (Å²) < 4.78 is 15.7. The summed E-state index contributed by atoms with van der Waals surface area (Å²) >= 11 is 0. The van der Waals surface area contributed by atoms with Gasteiger partial charge in [-0.2, -0.15) is 0 Å². The molecule has 37 heavy (non-hydrogen) atoms. The van der Waals surface area contributed by atoms with Crippen LogP contribution in [0, 0.1) is 10.8 Å². The summed E-state index contributed by atoms with van der Waals surface area (Å²) in [5.41, 5.74) is -3.08. The molecular formula is C26H30N4O7. The lowest BCUT2D eigenvalue weighted by atomic mass is 9.54. The number of ketones is 1. The van der Waals surface area contributed by atoms with Gasteiger partial charge in [0.25, 0.3) is 0 Å². The molecule has 2 unspecified atom stereocenters. The molecule has 2 aliphatic rings. The first kappa shape index (κ1) is 26.4. The second kappa shape index (κ2) is 10.3. The molecule has 0 spiro atoms. The lowest BCUT2D eigenvalue weighted by molar-refractivity contribution is -0.206. The van der Waals surface area contributed by atoms with Crippen molar-refractivity contribution in [3.05, 3.63) is 60.2 Å². The molecule has 2 aliphatic heterocycles. The first-order chi connectivity index (χ1) is 17.8. The molecule has 0 aliphatic carbocycles. The number of hydrogen-bond acceptors (Lipinski definition) is 11. The normalized spacial score (nSPS) is 27.8. The first-order valence-corrected chi connectivity index (χ1v) is 11.9. The molecule has 2 bridgehead atoms. The quantitative estimate of drug-likeness (QED) is 0.300. The summed E-state index contributed by atoms with van der Waals surface area (Å²) in [6.45, 7) is 1.34. The van der Waals surface area contributed by atoms with E-state index < -0.39 is 46.6 Å². The number of nitrogens with zero attached hydrogens (tertiary/aromatic N) is 4. The predicted molar refractivity (Wildman–Crippen MR) is 129 cm³/mol. The Kier molecular flexibility index (Phi) is 7.37. The topological polar surface area (TPSA) is 128 Å². The Hall–Kier alpha value is -3.70. The van der Waals surface area contributed by atoms with Crippen LogP contribution in [0.1, 0.15) is 30.4 Å². The molecule has 0 saturated carbocycles. The Bertz CT molecular complexity index is 1100. The zero-order valence-corrected chi connectivity index (χ0v) is 21.2. The number of likely N-dealkylation sites (tertiary alicyclic amines) is 2. The summed E-state index contributed by atoms with van der Waals surface area (Å²) in [4.78, 5) is 67.4. The van der Waals surface area contributed by atoms with Gasteiger partial charge in [-0.05, 0) is 38.2 Å². The maximum atomic E-state index is 14.7. The number of aromatic nitrogens is 2. The molecule has 4 heterocycles. The van der Waals surface area contributed by atoms with Crippen LogP contribution in [-0.2, 0) is 33.4 Å². The number of pyridine rings is 2. The van der Waals surface area contributed by atoms with Crippen LogP contribution >= 0.6 is 0 Å². The smallest absolute Gasteiger partial charge is 0.322 e. The van der Waals surface area contributed by atoms with Gasteiger partial charge in [0.15, 0.2) is 16.6 Å². The maximum absolute atomic E-state index is 14.7. The van der Waals surface area contributed by atoms with Crippen molar-refractivity contribution in [1.29, 1.82) is 0 Å². The van der Waals surface area contributed by atoms with Crippen molar-refractivity contribution in [1.82, 2.24) is 19.8 Å². The van der Waals surface area contributed by atoms with Crippen LogP contribution < -0.4 is 0 Å². The molecule has 196 valence electrons. The number of esters is 3. The van der Waals surface area contributed by atoms with Crippen LogP contribution in [0.3, 0.4) is 0 Å². The molecule has 0 aromatic carbocycles. The molecule has 2 saturated heterocycles. The number of hydrogen-bond donors (Lipinski definition) is 0. The van der Waals surface area contributed by atoms with E-state index in [4.69, 9.17) is 14.2 Å². The van der Waals surface area contributed by atoms with Gasteiger partial charge >= 0.3 is 17.9 Å². The Balaban J connectivity index is 2.11. The van der Waals surface area contributed by atoms with Crippen molar-refractivity contribution in [3.63, 3.8) is 0 Å². The molecular weight excluding hydrogens is 480 g/mol. The SMILES string of the molecule is CCOC(=O)CN1C(c2ccccn2)[C@]2(C(=O)OC)CN(C)C[C@@](C(=O)OC)(C2=O)C1c1ccccn1. The molecule has 0 N–H and O–H groups in total. The van der Waals surface area contributed by atoms with E-state index >= 15 is 0 Å². The first-order valence-electron chi connectivity index (χ1n) is 11.9. The summed E-state index contributed by atoms with van der Waals surface area (Å²) in [5.74, 6) is -2.91. The number of ether oxygens (including phenoxy) is 3. The summed E-state index contributed by atoms with van der Waals surface area (Å²) in [6, 6.07) is 8.06. The Labute approximate surface area is 214 Å². The molecule has 0 amide bonds. The van der Waals surface area contributed by atoms with Crippen LogP contribution in [0.25, 0.3) is 0 Å². The van der Waals surface area contributed by atoms with E-state index in [0.29, 0.717) is 11.4 Å². The molecule has 2 aromatic heterocycles. The third kappa shape index (κ3) is 4.08. The maximum Gasteiger partial charge on any atom is 0.322 e. The molecule has 4 atom stereocenters. The van der Waals surface area contributed by atoms with Gasteiger partial charge in [0.05, 0.1) is 50.8 Å². The average Bonchev–Trinajstić information content (AvgIpc) is 2.90. The fraction of sp³-hybridized carbons (Fsp3) is 0.462. The van der Waals surface area contributed by atoms with Gasteiger partial charge in [0.2, 0.25) is 0 Å². The van der Waals surface area contributed by atoms with E-state index in [-0.39, 0.29) is 26.2 Å². The third-order valence-corrected chi connectivity index (χ3v) is 7.10. The number of piperidine rings is 2. The Morgan fingerprint density at radius 3 is 1.78 bits per heavy atom. The van der Waals surface area contributed by atoms with Crippen molar-refractivity contribution in [2.24, 2.45) is 10.8 Å². The van der Waals surface area contributed by atoms with Gasteiger partial charge in [0, 0.05) is 25.5 Å². The highest BCUT2D eigenvalue weighted by Crippen LogP contribution is 2.60. The van der Waals surface area contributed by atoms with E-state index in [0.717, 1.165) is 0 Å². The number of fused-ring (bicyclic) bond motifs is 2. The number of rotatable bonds is 7. The van der Waals surface area contributed by atoms with Gasteiger partial charge in [-0.25, -0.2) is 0 Å². The van der Waals surface area contributed by atoms with Crippen molar-refractivity contribution in [3.8, 4) is 0 Å². The van der Waals surface area contributed by atoms with Crippen LogP contribution in [-0.4, -0.2) is 91.0 Å². The van der Waals surface area contributed by atoms with E-state index in [1.165, 1.54) is 26.6 Å². The van der Waals surface area contributed by atoms with Gasteiger partial charge in [-0.3, -0.25) is 34.0 Å². The highest BCUT2D eigenvalue weighted by atomic mass is 16.5. The van der Waals surface area contributed by atoms with Crippen LogP contribution in [0.2, 0.25) is 0 Å². The highest BCUT2D eigenvalue weighted by Gasteiger charge is 2.75. The minimum Gasteiger partial charge on any atom is -0.468 e. The summed E-state index contributed by atoms with van der Waals surface area (Å²) in [7, 11) is 4.09. The molecule has 4 rings (SSSR count). The van der Waals surface area contributed by atoms with E-state index in [9.17, 15) is 19.2 Å². The minimum absolute atomic E-state index is 0.0627. The average molecular weight is 511 g/mol. The van der Waals surface area contributed by atoms with Gasteiger partial charge < -0.3 is 19.1 Å². The second-order valence-electron chi connectivity index (χ2n) is 9.22. The minimum atomic E-state index is -1.90. The lowest BCUT2D eigenvalue weighted by Gasteiger charge is -2.60. The number of carbonyl (C=O) groups excluding carboxylic acids is 4. The summed E-state index contributed by atoms with van der Waals surface area (Å²) in [6.07, 6.45) is 3.08. The molecule has 2 fully saturated rings. The van der Waals surface area contributed by atoms with Crippen molar-refractivity contribution < 1.29 is 33.4 Å². The Morgan fingerprint density at radius 2 is 1.41 bits per heavy atom. The molecule has 11 nitrogen and oxygen atoms in total. The predicted octanol–water partition coefficient (Wildman–Crippen LogP) is 0.971. The van der Waals surface area contributed by atoms with E-state index in [1.807, 2.05) is 0 Å². The van der Waals surface area contributed by atoms with Crippen molar-refractivity contribution >= 4 is 23.7 Å². The largest absolute Gasteiger partial charge is 0.468 e. The lowest BCUT2D eigenvalue weighted by Crippen LogP contribution is -2.75. The highest BCUT2D eigenvalue weighted by molar-refractivity contribution is 6.17. The monoisotopic (exact) mass is 510 g/mol. The molecule has 0 radical (unpaired) electrons. The number of carbonyl (C=O) groups is 4. The van der Waals surface area contributed by atoms with Crippen LogP contribution in [0.15, 0.2) is 48.8 Å². The number of methoxy groups -OCH3 is 2. The standard InChI is InChI=1S/C26H30N4O7/c1-5-37-19(31)14-30-20(17-10-6-8-12-27-17)25(23(33)35-3)15-29(2)16-26(22(25)32,24(34)36-4)21(30)18-11-7-9-13-28-18/h6-13,20-21H,5,14-16H2,1-4H3/t20?,21?,25-,26+. The zero-order valence-electron chi connectivity index (χ0n) is 21.2. The van der Waals surface area contributed by atoms with Crippen molar-refractivity contribution in [2.45, 2.75) is 19.0 Å². The third-order valence-electron chi connectivity index (χ3n) is 7.10. The van der Waals surface area contributed by atoms with Gasteiger partial charge in [-0.15, -0.1) is 0 Å². The molecule has 2 aromatic rings. The second-order valence-corrected chi connectivity index (χ2v) is 9.22. The summed E-state index contributed by atoms with van der Waals surface area (Å²) in [5, 5.41) is 0. The van der Waals surface area contributed by atoms with Crippen LogP contribution in [0.4, 0.5) is 0 Å². The molecule has 11 heteroatoms. The van der Waals surface area contributed by atoms with Gasteiger partial charge in [-0.1, -0.05) is 12.1 Å². The van der Waals surface area contributed by atoms with Gasteiger partial charge in [0.1, 0.15) is 0 Å². The fourth-order valence-electron chi connectivity index (χ4n) is 5.95. The van der Waals surface area contributed by atoms with Crippen molar-refractivity contribution in [2.75, 3.05) is 47.5 Å². The fourth-order valence-corrected chi connectivity index (χ4v) is 5.95. The van der Waals surface area contributed by atoms with E-state index in [2.05, 4.69) is 9.97 Å². The van der Waals surface area contributed by atoms with E-state index in [1.54, 1.807) is 60.2 Å². The van der Waals surface area contributed by atoms with Crippen LogP contribution in [0.5, 0.6) is 0 Å². The zero-order chi connectivity index (χ0) is 26.8. The number of Topliss-reactive ketones (excluding diaryl/α,β-unsaturated/α-hetero) is 1.